The molecule has 1 atom stereocenters. The van der Waals surface area contributed by atoms with Gasteiger partial charge in [0.2, 0.25) is 11.8 Å². The zero-order valence-corrected chi connectivity index (χ0v) is 17.1. The molecule has 3 aliphatic rings. The molecule has 5 nitrogen and oxygen atoms in total. The number of amides is 2. The molecule has 1 N–H and O–H groups in total. The smallest absolute Gasteiger partial charge is 0.250 e. The van der Waals surface area contributed by atoms with Crippen molar-refractivity contribution in [3.8, 4) is 0 Å². The normalized spacial score (nSPS) is 23.7. The van der Waals surface area contributed by atoms with E-state index >= 15 is 0 Å². The SMILES string of the molecule is CC1(C)C(=O)Nc2ccccc2N1C(=O)CN1CCc2sccc2[C@@H]1C1CC1. The van der Waals surface area contributed by atoms with Gasteiger partial charge < -0.3 is 5.32 Å². The number of rotatable bonds is 3. The fraction of sp³-hybridized carbons (Fsp3) is 0.455. The Bertz CT molecular complexity index is 947. The minimum atomic E-state index is -0.913. The maximum Gasteiger partial charge on any atom is 0.250 e. The maximum absolute atomic E-state index is 13.5. The molecule has 1 aromatic heterocycles. The van der Waals surface area contributed by atoms with E-state index in [0.29, 0.717) is 24.2 Å². The van der Waals surface area contributed by atoms with Gasteiger partial charge in [-0.05, 0) is 68.2 Å². The lowest BCUT2D eigenvalue weighted by Gasteiger charge is -2.44. The Kier molecular flexibility index (Phi) is 4.10. The van der Waals surface area contributed by atoms with E-state index in [9.17, 15) is 9.59 Å². The van der Waals surface area contributed by atoms with E-state index < -0.39 is 5.54 Å². The highest BCUT2D eigenvalue weighted by atomic mass is 32.1. The summed E-state index contributed by atoms with van der Waals surface area (Å²) in [6.07, 6.45) is 3.49. The Labute approximate surface area is 169 Å². The molecule has 1 aliphatic carbocycles. The first-order chi connectivity index (χ1) is 13.5. The van der Waals surface area contributed by atoms with Crippen molar-refractivity contribution in [2.75, 3.05) is 23.3 Å². The van der Waals surface area contributed by atoms with Gasteiger partial charge in [0.15, 0.2) is 0 Å². The summed E-state index contributed by atoms with van der Waals surface area (Å²) in [6, 6.07) is 10.2. The van der Waals surface area contributed by atoms with E-state index in [1.165, 1.54) is 23.3 Å². The number of nitrogens with zero attached hydrogens (tertiary/aromatic N) is 2. The number of benzene rings is 1. The Balaban J connectivity index is 1.46. The van der Waals surface area contributed by atoms with E-state index in [-0.39, 0.29) is 11.8 Å². The molecule has 3 heterocycles. The molecule has 2 aliphatic heterocycles. The average molecular weight is 396 g/mol. The molecule has 1 fully saturated rings. The third-order valence-corrected chi connectivity index (χ3v) is 7.28. The number of hydrogen-bond donors (Lipinski definition) is 1. The molecular weight excluding hydrogens is 370 g/mol. The number of nitrogens with one attached hydrogen (secondary N) is 1. The summed E-state index contributed by atoms with van der Waals surface area (Å²) < 4.78 is 0. The number of carbonyl (C=O) groups is 2. The summed E-state index contributed by atoms with van der Waals surface area (Å²) >= 11 is 1.84. The molecule has 0 saturated heterocycles. The van der Waals surface area contributed by atoms with Crippen molar-refractivity contribution in [1.82, 2.24) is 4.90 Å². The van der Waals surface area contributed by atoms with Crippen LogP contribution in [0.4, 0.5) is 11.4 Å². The van der Waals surface area contributed by atoms with Gasteiger partial charge in [0.05, 0.1) is 17.9 Å². The Morgan fingerprint density at radius 2 is 2.04 bits per heavy atom. The largest absolute Gasteiger partial charge is 0.322 e. The molecular formula is C22H25N3O2S. The second-order valence-corrected chi connectivity index (χ2v) is 9.56. The highest BCUT2D eigenvalue weighted by Crippen LogP contribution is 2.48. The van der Waals surface area contributed by atoms with Crippen LogP contribution >= 0.6 is 11.3 Å². The number of para-hydroxylation sites is 2. The molecule has 0 radical (unpaired) electrons. The Hall–Kier alpha value is -2.18. The van der Waals surface area contributed by atoms with Crippen LogP contribution in [-0.2, 0) is 16.0 Å². The van der Waals surface area contributed by atoms with Crippen molar-refractivity contribution >= 4 is 34.5 Å². The van der Waals surface area contributed by atoms with Crippen LogP contribution in [0.1, 0.15) is 43.2 Å². The average Bonchev–Trinajstić information content (AvgIpc) is 3.38. The van der Waals surface area contributed by atoms with Gasteiger partial charge in [-0.15, -0.1) is 11.3 Å². The van der Waals surface area contributed by atoms with Crippen LogP contribution in [0.3, 0.4) is 0 Å². The summed E-state index contributed by atoms with van der Waals surface area (Å²) in [5.41, 5.74) is 2.00. The van der Waals surface area contributed by atoms with Crippen LogP contribution in [0.15, 0.2) is 35.7 Å². The Morgan fingerprint density at radius 1 is 1.25 bits per heavy atom. The molecule has 0 unspecified atom stereocenters. The number of hydrogen-bond acceptors (Lipinski definition) is 4. The molecule has 0 spiro atoms. The van der Waals surface area contributed by atoms with Gasteiger partial charge in [-0.2, -0.15) is 0 Å². The summed E-state index contributed by atoms with van der Waals surface area (Å²) in [5, 5.41) is 5.12. The van der Waals surface area contributed by atoms with E-state index in [1.807, 2.05) is 49.4 Å². The van der Waals surface area contributed by atoms with Crippen LogP contribution in [0.5, 0.6) is 0 Å². The summed E-state index contributed by atoms with van der Waals surface area (Å²) in [7, 11) is 0. The van der Waals surface area contributed by atoms with E-state index in [2.05, 4.69) is 21.7 Å². The number of thiophene rings is 1. The van der Waals surface area contributed by atoms with Gasteiger partial charge >= 0.3 is 0 Å². The molecule has 146 valence electrons. The van der Waals surface area contributed by atoms with Crippen LogP contribution < -0.4 is 10.2 Å². The summed E-state index contributed by atoms with van der Waals surface area (Å²) in [4.78, 5) is 31.7. The second kappa shape index (κ2) is 6.42. The minimum absolute atomic E-state index is 0.00312. The van der Waals surface area contributed by atoms with Gasteiger partial charge in [0, 0.05) is 17.5 Å². The standard InChI is InChI=1S/C22H25N3O2S/c1-22(2)21(27)23-16-5-3-4-6-17(16)25(22)19(26)13-24-11-9-18-15(10-12-28-18)20(24)14-7-8-14/h3-6,10,12,14,20H,7-9,11,13H2,1-2H3,(H,23,27)/t20-/m0/s1. The first kappa shape index (κ1) is 17.9. The molecule has 2 amide bonds. The first-order valence-electron chi connectivity index (χ1n) is 10.0. The van der Waals surface area contributed by atoms with Crippen molar-refractivity contribution in [1.29, 1.82) is 0 Å². The maximum atomic E-state index is 13.5. The van der Waals surface area contributed by atoms with Crippen molar-refractivity contribution in [2.45, 2.75) is 44.7 Å². The molecule has 28 heavy (non-hydrogen) atoms. The second-order valence-electron chi connectivity index (χ2n) is 8.56. The predicted octanol–water partition coefficient (Wildman–Crippen LogP) is 3.82. The molecule has 5 rings (SSSR count). The zero-order chi connectivity index (χ0) is 19.5. The van der Waals surface area contributed by atoms with Gasteiger partial charge in [0.25, 0.3) is 0 Å². The van der Waals surface area contributed by atoms with Crippen LogP contribution in [-0.4, -0.2) is 35.3 Å². The van der Waals surface area contributed by atoms with E-state index in [4.69, 9.17) is 0 Å². The van der Waals surface area contributed by atoms with Crippen LogP contribution in [0.2, 0.25) is 0 Å². The van der Waals surface area contributed by atoms with Crippen molar-refractivity contribution < 1.29 is 9.59 Å². The summed E-state index contributed by atoms with van der Waals surface area (Å²) in [6.45, 7) is 4.90. The first-order valence-corrected chi connectivity index (χ1v) is 10.9. The molecule has 1 saturated carbocycles. The van der Waals surface area contributed by atoms with Crippen molar-refractivity contribution in [3.05, 3.63) is 46.2 Å². The molecule has 6 heteroatoms. The predicted molar refractivity (Wildman–Crippen MR) is 112 cm³/mol. The van der Waals surface area contributed by atoms with Crippen molar-refractivity contribution in [3.63, 3.8) is 0 Å². The fourth-order valence-corrected chi connectivity index (χ4v) is 5.60. The minimum Gasteiger partial charge on any atom is -0.322 e. The monoisotopic (exact) mass is 395 g/mol. The van der Waals surface area contributed by atoms with Gasteiger partial charge in [-0.3, -0.25) is 19.4 Å². The van der Waals surface area contributed by atoms with Gasteiger partial charge in [0.1, 0.15) is 5.54 Å². The van der Waals surface area contributed by atoms with Crippen molar-refractivity contribution in [2.24, 2.45) is 5.92 Å². The topological polar surface area (TPSA) is 52.7 Å². The highest BCUT2D eigenvalue weighted by Gasteiger charge is 2.46. The molecule has 2 aromatic rings. The highest BCUT2D eigenvalue weighted by molar-refractivity contribution is 7.10. The fourth-order valence-electron chi connectivity index (χ4n) is 4.68. The molecule has 0 bridgehead atoms. The number of anilines is 2. The number of fused-ring (bicyclic) bond motifs is 2. The van der Waals surface area contributed by atoms with Crippen LogP contribution in [0.25, 0.3) is 0 Å². The van der Waals surface area contributed by atoms with Gasteiger partial charge in [-0.1, -0.05) is 12.1 Å². The van der Waals surface area contributed by atoms with Gasteiger partial charge in [-0.25, -0.2) is 0 Å². The summed E-state index contributed by atoms with van der Waals surface area (Å²) in [5.74, 6) is 0.514. The lowest BCUT2D eigenvalue weighted by molar-refractivity contribution is -0.127. The van der Waals surface area contributed by atoms with E-state index in [1.54, 1.807) is 4.90 Å². The zero-order valence-electron chi connectivity index (χ0n) is 16.3. The van der Waals surface area contributed by atoms with Crippen LogP contribution in [0, 0.1) is 5.92 Å². The molecule has 1 aromatic carbocycles. The number of carbonyl (C=O) groups excluding carboxylic acids is 2. The third kappa shape index (κ3) is 2.78. The van der Waals surface area contributed by atoms with E-state index in [0.717, 1.165) is 18.7 Å². The lowest BCUT2D eigenvalue weighted by atomic mass is 9.94. The third-order valence-electron chi connectivity index (χ3n) is 6.28. The quantitative estimate of drug-likeness (QED) is 0.860. The lowest BCUT2D eigenvalue weighted by Crippen LogP contribution is -2.60. The Morgan fingerprint density at radius 3 is 2.82 bits per heavy atom.